The van der Waals surface area contributed by atoms with Crippen LogP contribution in [0, 0.1) is 0 Å². The SMILES string of the molecule is CCNC(=NCCCS(=O)(=O)c1ccccc1)Nc1ccc2c(c1)OCCCO2.I. The number of ether oxygens (including phenoxy) is 2. The molecule has 164 valence electrons. The summed E-state index contributed by atoms with van der Waals surface area (Å²) in [5.74, 6) is 2.10. The minimum Gasteiger partial charge on any atom is -0.490 e. The lowest BCUT2D eigenvalue weighted by molar-refractivity contribution is 0.297. The molecule has 2 N–H and O–H groups in total. The van der Waals surface area contributed by atoms with Crippen LogP contribution in [-0.2, 0) is 9.84 Å². The lowest BCUT2D eigenvalue weighted by atomic mass is 10.3. The second-order valence-electron chi connectivity index (χ2n) is 6.58. The smallest absolute Gasteiger partial charge is 0.195 e. The molecular formula is C21H28IN3O4S. The quantitative estimate of drug-likeness (QED) is 0.239. The van der Waals surface area contributed by atoms with Crippen LogP contribution in [0.5, 0.6) is 11.5 Å². The zero-order valence-corrected chi connectivity index (χ0v) is 20.1. The number of anilines is 1. The van der Waals surface area contributed by atoms with Crippen LogP contribution in [0.3, 0.4) is 0 Å². The fourth-order valence-corrected chi connectivity index (χ4v) is 4.19. The molecule has 9 heteroatoms. The van der Waals surface area contributed by atoms with Crippen molar-refractivity contribution in [3.63, 3.8) is 0 Å². The Morgan fingerprint density at radius 3 is 2.53 bits per heavy atom. The summed E-state index contributed by atoms with van der Waals surface area (Å²) in [6.45, 7) is 4.34. The normalized spacial score (nSPS) is 13.7. The van der Waals surface area contributed by atoms with Gasteiger partial charge in [-0.05, 0) is 37.6 Å². The second-order valence-corrected chi connectivity index (χ2v) is 8.69. The van der Waals surface area contributed by atoms with Gasteiger partial charge in [0.15, 0.2) is 27.3 Å². The molecule has 1 aliphatic rings. The van der Waals surface area contributed by atoms with Gasteiger partial charge in [-0.25, -0.2) is 8.42 Å². The predicted octanol–water partition coefficient (Wildman–Crippen LogP) is 3.71. The molecular weight excluding hydrogens is 517 g/mol. The van der Waals surface area contributed by atoms with E-state index >= 15 is 0 Å². The maximum Gasteiger partial charge on any atom is 0.195 e. The van der Waals surface area contributed by atoms with E-state index in [1.807, 2.05) is 25.1 Å². The number of fused-ring (bicyclic) bond motifs is 1. The summed E-state index contributed by atoms with van der Waals surface area (Å²) in [5, 5.41) is 6.40. The molecule has 0 radical (unpaired) electrons. The van der Waals surface area contributed by atoms with Crippen molar-refractivity contribution in [3.8, 4) is 11.5 Å². The number of hydrogen-bond acceptors (Lipinski definition) is 5. The number of rotatable bonds is 7. The van der Waals surface area contributed by atoms with E-state index in [0.29, 0.717) is 49.3 Å². The molecule has 0 aromatic heterocycles. The highest BCUT2D eigenvalue weighted by Crippen LogP contribution is 2.32. The fourth-order valence-electron chi connectivity index (χ4n) is 2.88. The van der Waals surface area contributed by atoms with Crippen molar-refractivity contribution in [3.05, 3.63) is 48.5 Å². The first-order valence-electron chi connectivity index (χ1n) is 9.81. The third-order valence-corrected chi connectivity index (χ3v) is 6.11. The number of sulfone groups is 1. The molecule has 0 spiro atoms. The highest BCUT2D eigenvalue weighted by atomic mass is 127. The number of benzene rings is 2. The highest BCUT2D eigenvalue weighted by molar-refractivity contribution is 14.0. The summed E-state index contributed by atoms with van der Waals surface area (Å²) >= 11 is 0. The first kappa shape index (κ1) is 24.3. The molecule has 0 saturated heterocycles. The van der Waals surface area contributed by atoms with Crippen molar-refractivity contribution in [1.82, 2.24) is 5.32 Å². The highest BCUT2D eigenvalue weighted by Gasteiger charge is 2.13. The van der Waals surface area contributed by atoms with Crippen LogP contribution in [0.15, 0.2) is 58.4 Å². The van der Waals surface area contributed by atoms with Gasteiger partial charge in [-0.1, -0.05) is 18.2 Å². The molecule has 0 amide bonds. The number of halogens is 1. The summed E-state index contributed by atoms with van der Waals surface area (Å²) in [7, 11) is -3.28. The van der Waals surface area contributed by atoms with Gasteiger partial charge in [-0.3, -0.25) is 4.99 Å². The molecule has 0 bridgehead atoms. The predicted molar refractivity (Wildman–Crippen MR) is 130 cm³/mol. The summed E-state index contributed by atoms with van der Waals surface area (Å²) < 4.78 is 36.1. The van der Waals surface area contributed by atoms with Crippen LogP contribution >= 0.6 is 24.0 Å². The zero-order chi connectivity index (χ0) is 20.5. The van der Waals surface area contributed by atoms with E-state index < -0.39 is 9.84 Å². The Balaban J connectivity index is 0.00000320. The minimum atomic E-state index is -3.28. The van der Waals surface area contributed by atoms with Crippen LogP contribution in [0.4, 0.5) is 5.69 Å². The Hall–Kier alpha value is -2.01. The van der Waals surface area contributed by atoms with E-state index in [2.05, 4.69) is 15.6 Å². The number of nitrogens with zero attached hydrogens (tertiary/aromatic N) is 1. The van der Waals surface area contributed by atoms with Gasteiger partial charge < -0.3 is 20.1 Å². The molecule has 0 saturated carbocycles. The molecule has 3 rings (SSSR count). The van der Waals surface area contributed by atoms with Crippen LogP contribution in [0.1, 0.15) is 19.8 Å². The van der Waals surface area contributed by atoms with Gasteiger partial charge in [0, 0.05) is 31.3 Å². The first-order chi connectivity index (χ1) is 14.1. The van der Waals surface area contributed by atoms with Gasteiger partial charge in [0.2, 0.25) is 0 Å². The fraction of sp³-hybridized carbons (Fsp3) is 0.381. The Morgan fingerprint density at radius 1 is 1.07 bits per heavy atom. The second kappa shape index (κ2) is 12.0. The molecule has 0 aliphatic carbocycles. The average molecular weight is 545 g/mol. The van der Waals surface area contributed by atoms with Crippen molar-refractivity contribution in [2.24, 2.45) is 4.99 Å². The van der Waals surface area contributed by atoms with Crippen LogP contribution in [0.2, 0.25) is 0 Å². The number of nitrogens with one attached hydrogen (secondary N) is 2. The van der Waals surface area contributed by atoms with E-state index in [1.54, 1.807) is 30.3 Å². The van der Waals surface area contributed by atoms with Crippen molar-refractivity contribution in [1.29, 1.82) is 0 Å². The lowest BCUT2D eigenvalue weighted by Crippen LogP contribution is -2.30. The Bertz CT molecular complexity index is 937. The molecule has 1 aliphatic heterocycles. The molecule has 0 fully saturated rings. The summed E-state index contributed by atoms with van der Waals surface area (Å²) in [6.07, 6.45) is 1.29. The van der Waals surface area contributed by atoms with E-state index in [0.717, 1.165) is 17.9 Å². The van der Waals surface area contributed by atoms with Gasteiger partial charge >= 0.3 is 0 Å². The summed E-state index contributed by atoms with van der Waals surface area (Å²) in [6, 6.07) is 14.2. The third kappa shape index (κ3) is 7.05. The minimum absolute atomic E-state index is 0. The first-order valence-corrected chi connectivity index (χ1v) is 11.5. The number of aliphatic imine (C=N–C) groups is 1. The topological polar surface area (TPSA) is 89.0 Å². The molecule has 2 aromatic rings. The summed E-state index contributed by atoms with van der Waals surface area (Å²) in [5.41, 5.74) is 0.825. The van der Waals surface area contributed by atoms with Crippen LogP contribution in [0.25, 0.3) is 0 Å². The average Bonchev–Trinajstić information content (AvgIpc) is 2.97. The van der Waals surface area contributed by atoms with E-state index in [-0.39, 0.29) is 29.7 Å². The van der Waals surface area contributed by atoms with Crippen molar-refractivity contribution in [2.45, 2.75) is 24.7 Å². The largest absolute Gasteiger partial charge is 0.490 e. The number of guanidine groups is 1. The zero-order valence-electron chi connectivity index (χ0n) is 17.0. The molecule has 0 atom stereocenters. The van der Waals surface area contributed by atoms with Gasteiger partial charge in [0.25, 0.3) is 0 Å². The number of hydrogen-bond donors (Lipinski definition) is 2. The lowest BCUT2D eigenvalue weighted by Gasteiger charge is -2.13. The Kier molecular flexibility index (Phi) is 9.70. The van der Waals surface area contributed by atoms with Gasteiger partial charge in [0.1, 0.15) is 0 Å². The molecule has 2 aromatic carbocycles. The maximum atomic E-state index is 12.4. The maximum absolute atomic E-state index is 12.4. The summed E-state index contributed by atoms with van der Waals surface area (Å²) in [4.78, 5) is 4.84. The Morgan fingerprint density at radius 2 is 1.80 bits per heavy atom. The molecule has 7 nitrogen and oxygen atoms in total. The molecule has 0 unspecified atom stereocenters. The van der Waals surface area contributed by atoms with E-state index in [1.165, 1.54) is 0 Å². The van der Waals surface area contributed by atoms with Gasteiger partial charge in [0.05, 0.1) is 23.9 Å². The monoisotopic (exact) mass is 545 g/mol. The van der Waals surface area contributed by atoms with E-state index in [9.17, 15) is 8.42 Å². The van der Waals surface area contributed by atoms with E-state index in [4.69, 9.17) is 9.47 Å². The van der Waals surface area contributed by atoms with Gasteiger partial charge in [-0.15, -0.1) is 24.0 Å². The Labute approximate surface area is 195 Å². The van der Waals surface area contributed by atoms with Crippen molar-refractivity contribution >= 4 is 45.5 Å². The van der Waals surface area contributed by atoms with Gasteiger partial charge in [-0.2, -0.15) is 0 Å². The molecule has 1 heterocycles. The molecule has 30 heavy (non-hydrogen) atoms. The van der Waals surface area contributed by atoms with Crippen LogP contribution in [-0.4, -0.2) is 46.4 Å². The van der Waals surface area contributed by atoms with Crippen LogP contribution < -0.4 is 20.1 Å². The standard InChI is InChI=1S/C21H27N3O4S.HI/c1-2-22-21(23-12-6-15-29(25,26)18-8-4-3-5-9-18)24-17-10-11-19-20(16-17)28-14-7-13-27-19;/h3-5,8-11,16H,2,6-7,12-15H2,1H3,(H2,22,23,24);1H. The van der Waals surface area contributed by atoms with Crippen molar-refractivity contribution in [2.75, 3.05) is 37.4 Å². The third-order valence-electron chi connectivity index (χ3n) is 4.30. The van der Waals surface area contributed by atoms with Crippen molar-refractivity contribution < 1.29 is 17.9 Å².